The van der Waals surface area contributed by atoms with Crippen molar-refractivity contribution < 1.29 is 4.21 Å². The Hall–Kier alpha value is -0.190. The molecule has 1 rings (SSSR count). The maximum atomic E-state index is 12.9. The molecule has 0 aliphatic rings. The lowest BCUT2D eigenvalue weighted by Gasteiger charge is -2.26. The Kier molecular flexibility index (Phi) is 8.66. The molecule has 0 fully saturated rings. The van der Waals surface area contributed by atoms with Crippen molar-refractivity contribution in [3.05, 3.63) is 28.7 Å². The summed E-state index contributed by atoms with van der Waals surface area (Å²) in [7, 11) is -0.959. The molecule has 0 saturated heterocycles. The molecule has 0 aromatic heterocycles. The van der Waals surface area contributed by atoms with E-state index in [0.717, 1.165) is 41.6 Å². The van der Waals surface area contributed by atoms with Gasteiger partial charge in [0.2, 0.25) is 0 Å². The largest absolute Gasteiger partial charge is 0.313 e. The van der Waals surface area contributed by atoms with E-state index in [4.69, 9.17) is 0 Å². The van der Waals surface area contributed by atoms with Crippen molar-refractivity contribution in [1.82, 2.24) is 5.32 Å². The molecule has 0 amide bonds. The lowest BCUT2D eigenvalue weighted by Crippen LogP contribution is -2.42. The van der Waals surface area contributed by atoms with Crippen LogP contribution in [-0.2, 0) is 10.8 Å². The van der Waals surface area contributed by atoms with Crippen LogP contribution in [-0.4, -0.2) is 22.0 Å². The molecule has 2 nitrogen and oxygen atoms in total. The SMILES string of the molecule is CCCNC(CCC)C(CC)S(=O)c1cccc(Br)c1. The predicted molar refractivity (Wildman–Crippen MR) is 91.6 cm³/mol. The summed E-state index contributed by atoms with van der Waals surface area (Å²) in [5.74, 6) is 0. The zero-order valence-corrected chi connectivity index (χ0v) is 15.1. The summed E-state index contributed by atoms with van der Waals surface area (Å²) in [5.41, 5.74) is 0. The first-order chi connectivity index (χ1) is 9.63. The molecule has 4 heteroatoms. The Morgan fingerprint density at radius 2 is 2.00 bits per heavy atom. The minimum absolute atomic E-state index is 0.177. The average Bonchev–Trinajstić information content (AvgIpc) is 2.45. The molecule has 0 radical (unpaired) electrons. The van der Waals surface area contributed by atoms with E-state index in [9.17, 15) is 4.21 Å². The third-order valence-corrected chi connectivity index (χ3v) is 5.83. The summed E-state index contributed by atoms with van der Waals surface area (Å²) in [6.45, 7) is 7.49. The predicted octanol–water partition coefficient (Wildman–Crippen LogP) is 4.50. The normalized spacial score (nSPS) is 15.8. The molecule has 0 bridgehead atoms. The topological polar surface area (TPSA) is 29.1 Å². The summed E-state index contributed by atoms with van der Waals surface area (Å²) in [6, 6.07) is 8.21. The van der Waals surface area contributed by atoms with Crippen LogP contribution in [0.5, 0.6) is 0 Å². The van der Waals surface area contributed by atoms with E-state index in [-0.39, 0.29) is 5.25 Å². The van der Waals surface area contributed by atoms with Crippen molar-refractivity contribution in [2.45, 2.75) is 62.6 Å². The molecule has 114 valence electrons. The second kappa shape index (κ2) is 9.69. The molecule has 3 atom stereocenters. The van der Waals surface area contributed by atoms with Crippen molar-refractivity contribution >= 4 is 26.7 Å². The fourth-order valence-corrected chi connectivity index (χ4v) is 4.60. The van der Waals surface area contributed by atoms with E-state index < -0.39 is 10.8 Å². The van der Waals surface area contributed by atoms with Crippen LogP contribution in [0.4, 0.5) is 0 Å². The second-order valence-electron chi connectivity index (χ2n) is 5.05. The number of hydrogen-bond acceptors (Lipinski definition) is 2. The molecule has 1 aromatic rings. The second-order valence-corrected chi connectivity index (χ2v) is 7.64. The molecular weight excluding hydrogens is 334 g/mol. The van der Waals surface area contributed by atoms with E-state index in [1.54, 1.807) is 0 Å². The van der Waals surface area contributed by atoms with Gasteiger partial charge < -0.3 is 5.32 Å². The molecule has 0 spiro atoms. The Balaban J connectivity index is 2.88. The highest BCUT2D eigenvalue weighted by Gasteiger charge is 2.25. The van der Waals surface area contributed by atoms with Crippen molar-refractivity contribution in [1.29, 1.82) is 0 Å². The van der Waals surface area contributed by atoms with Gasteiger partial charge in [0.25, 0.3) is 0 Å². The first kappa shape index (κ1) is 17.9. The van der Waals surface area contributed by atoms with Crippen LogP contribution in [0.15, 0.2) is 33.6 Å². The van der Waals surface area contributed by atoms with E-state index >= 15 is 0 Å². The highest BCUT2D eigenvalue weighted by Crippen LogP contribution is 2.22. The minimum Gasteiger partial charge on any atom is -0.313 e. The zero-order chi connectivity index (χ0) is 15.0. The maximum absolute atomic E-state index is 12.9. The van der Waals surface area contributed by atoms with Gasteiger partial charge in [-0.1, -0.05) is 49.2 Å². The van der Waals surface area contributed by atoms with Crippen LogP contribution >= 0.6 is 15.9 Å². The van der Waals surface area contributed by atoms with Gasteiger partial charge >= 0.3 is 0 Å². The third kappa shape index (κ3) is 5.30. The van der Waals surface area contributed by atoms with Crippen LogP contribution in [0.2, 0.25) is 0 Å². The van der Waals surface area contributed by atoms with Gasteiger partial charge in [-0.15, -0.1) is 0 Å². The van der Waals surface area contributed by atoms with Crippen LogP contribution in [0.25, 0.3) is 0 Å². The molecule has 1 N–H and O–H groups in total. The Bertz CT molecular complexity index is 425. The van der Waals surface area contributed by atoms with Gasteiger partial charge in [-0.25, -0.2) is 0 Å². The van der Waals surface area contributed by atoms with Gasteiger partial charge in [0, 0.05) is 15.4 Å². The lowest BCUT2D eigenvalue weighted by atomic mass is 10.1. The number of halogens is 1. The van der Waals surface area contributed by atoms with Crippen molar-refractivity contribution in [2.24, 2.45) is 0 Å². The van der Waals surface area contributed by atoms with Crippen LogP contribution < -0.4 is 5.32 Å². The molecule has 20 heavy (non-hydrogen) atoms. The highest BCUT2D eigenvalue weighted by molar-refractivity contribution is 9.10. The fourth-order valence-electron chi connectivity index (χ4n) is 2.41. The number of benzene rings is 1. The Labute approximate surface area is 134 Å². The van der Waals surface area contributed by atoms with Crippen molar-refractivity contribution in [2.75, 3.05) is 6.54 Å². The smallest absolute Gasteiger partial charge is 0.0576 e. The quantitative estimate of drug-likeness (QED) is 0.702. The maximum Gasteiger partial charge on any atom is 0.0576 e. The van der Waals surface area contributed by atoms with E-state index in [1.807, 2.05) is 24.3 Å². The first-order valence-electron chi connectivity index (χ1n) is 7.53. The number of nitrogens with one attached hydrogen (secondary N) is 1. The molecule has 0 saturated carbocycles. The van der Waals surface area contributed by atoms with Crippen LogP contribution in [0, 0.1) is 0 Å². The minimum atomic E-state index is -0.959. The Morgan fingerprint density at radius 3 is 2.55 bits per heavy atom. The van der Waals surface area contributed by atoms with E-state index in [2.05, 4.69) is 42.0 Å². The standard InChI is InChI=1S/C16H26BrNOS/c1-4-8-15(18-11-5-2)16(6-3)20(19)14-10-7-9-13(17)12-14/h7,9-10,12,15-16,18H,4-6,8,11H2,1-3H3. The first-order valence-corrected chi connectivity index (χ1v) is 9.54. The lowest BCUT2D eigenvalue weighted by molar-refractivity contribution is 0.447. The fraction of sp³-hybridized carbons (Fsp3) is 0.625. The van der Waals surface area contributed by atoms with Gasteiger partial charge in [-0.3, -0.25) is 4.21 Å². The average molecular weight is 360 g/mol. The van der Waals surface area contributed by atoms with E-state index in [1.165, 1.54) is 0 Å². The van der Waals surface area contributed by atoms with Gasteiger partial charge in [0.15, 0.2) is 0 Å². The van der Waals surface area contributed by atoms with Crippen LogP contribution in [0.3, 0.4) is 0 Å². The Morgan fingerprint density at radius 1 is 1.25 bits per heavy atom. The molecule has 3 unspecified atom stereocenters. The highest BCUT2D eigenvalue weighted by atomic mass is 79.9. The zero-order valence-electron chi connectivity index (χ0n) is 12.7. The molecular formula is C16H26BrNOS. The monoisotopic (exact) mass is 359 g/mol. The summed E-state index contributed by atoms with van der Waals surface area (Å²) < 4.78 is 13.9. The summed E-state index contributed by atoms with van der Waals surface area (Å²) in [5, 5.41) is 3.76. The molecule has 0 heterocycles. The van der Waals surface area contributed by atoms with Crippen molar-refractivity contribution in [3.63, 3.8) is 0 Å². The van der Waals surface area contributed by atoms with Gasteiger partial charge in [0.1, 0.15) is 0 Å². The van der Waals surface area contributed by atoms with Crippen molar-refractivity contribution in [3.8, 4) is 0 Å². The number of rotatable bonds is 9. The van der Waals surface area contributed by atoms with Gasteiger partial charge in [-0.2, -0.15) is 0 Å². The summed E-state index contributed by atoms with van der Waals surface area (Å²) in [4.78, 5) is 0.922. The number of hydrogen-bond donors (Lipinski definition) is 1. The summed E-state index contributed by atoms with van der Waals surface area (Å²) in [6.07, 6.45) is 4.24. The van der Waals surface area contributed by atoms with Crippen LogP contribution in [0.1, 0.15) is 46.5 Å². The molecule has 1 aromatic carbocycles. The summed E-state index contributed by atoms with van der Waals surface area (Å²) >= 11 is 3.46. The molecule has 0 aliphatic carbocycles. The van der Waals surface area contributed by atoms with E-state index in [0.29, 0.717) is 6.04 Å². The molecule has 0 aliphatic heterocycles. The van der Waals surface area contributed by atoms with Gasteiger partial charge in [0.05, 0.1) is 16.0 Å². The van der Waals surface area contributed by atoms with Gasteiger partial charge in [-0.05, 0) is 44.0 Å². The third-order valence-electron chi connectivity index (χ3n) is 3.41.